The van der Waals surface area contributed by atoms with Gasteiger partial charge in [0.2, 0.25) is 0 Å². The van der Waals surface area contributed by atoms with E-state index in [0.29, 0.717) is 39.4 Å². The van der Waals surface area contributed by atoms with Crippen molar-refractivity contribution < 1.29 is 35.8 Å². The molecule has 0 N–H and O–H groups in total. The molecule has 0 aliphatic carbocycles. The maximum atomic E-state index is 12.6. The lowest BCUT2D eigenvalue weighted by atomic mass is 9.87. The van der Waals surface area contributed by atoms with Crippen molar-refractivity contribution in [3.63, 3.8) is 0 Å². The summed E-state index contributed by atoms with van der Waals surface area (Å²) in [4.78, 5) is 3.64. The van der Waals surface area contributed by atoms with Crippen molar-refractivity contribution in [2.75, 3.05) is 52.5 Å². The van der Waals surface area contributed by atoms with Crippen LogP contribution in [0.4, 0.5) is 26.3 Å². The fourth-order valence-corrected chi connectivity index (χ4v) is 5.29. The van der Waals surface area contributed by atoms with Gasteiger partial charge in [-0.1, -0.05) is 65.8 Å². The Bertz CT molecular complexity index is 1040. The first kappa shape index (κ1) is 36.0. The molecule has 2 atom stereocenters. The molecule has 4 rings (SSSR count). The molecule has 0 bridgehead atoms. The van der Waals surface area contributed by atoms with Gasteiger partial charge in [0, 0.05) is 26.2 Å². The van der Waals surface area contributed by atoms with E-state index >= 15 is 0 Å². The lowest BCUT2D eigenvalue weighted by Gasteiger charge is -2.20. The number of alkyl halides is 6. The monoisotopic (exact) mass is 630 g/mol. The average molecular weight is 631 g/mol. The lowest BCUT2D eigenvalue weighted by Crippen LogP contribution is -2.30. The van der Waals surface area contributed by atoms with Crippen LogP contribution in [0, 0.1) is 11.8 Å². The van der Waals surface area contributed by atoms with Crippen LogP contribution in [0.25, 0.3) is 0 Å². The second kappa shape index (κ2) is 14.8. The highest BCUT2D eigenvalue weighted by atomic mass is 19.4. The summed E-state index contributed by atoms with van der Waals surface area (Å²) in [5, 5.41) is 0. The van der Waals surface area contributed by atoms with Crippen LogP contribution in [-0.2, 0) is 10.8 Å². The Kier molecular flexibility index (Phi) is 12.1. The Morgan fingerprint density at radius 2 is 0.886 bits per heavy atom. The van der Waals surface area contributed by atoms with E-state index in [1.165, 1.54) is 11.1 Å². The van der Waals surface area contributed by atoms with Crippen LogP contribution in [0.2, 0.25) is 0 Å². The fourth-order valence-electron chi connectivity index (χ4n) is 5.29. The molecule has 2 fully saturated rings. The molecule has 2 aliphatic rings. The van der Waals surface area contributed by atoms with E-state index < -0.39 is 24.2 Å². The molecular formula is C34H48F6N2O2. The predicted octanol–water partition coefficient (Wildman–Crippen LogP) is 8.49. The van der Waals surface area contributed by atoms with Crippen LogP contribution in [0.5, 0.6) is 11.5 Å². The second-order valence-electron chi connectivity index (χ2n) is 13.9. The molecule has 0 saturated carbocycles. The highest BCUT2D eigenvalue weighted by Gasteiger charge is 2.44. The maximum Gasteiger partial charge on any atom is 0.393 e. The minimum absolute atomic E-state index is 0.0931. The smallest absolute Gasteiger partial charge is 0.393 e. The number of hydrogen-bond donors (Lipinski definition) is 0. The van der Waals surface area contributed by atoms with Gasteiger partial charge in [0.1, 0.15) is 24.7 Å². The summed E-state index contributed by atoms with van der Waals surface area (Å²) in [5.74, 6) is -0.837. The summed E-state index contributed by atoms with van der Waals surface area (Å²) in [6, 6.07) is 15.8. The van der Waals surface area contributed by atoms with Crippen LogP contribution < -0.4 is 9.47 Å². The van der Waals surface area contributed by atoms with Crippen molar-refractivity contribution in [3.8, 4) is 11.5 Å². The summed E-state index contributed by atoms with van der Waals surface area (Å²) in [6.07, 6.45) is -7.75. The van der Waals surface area contributed by atoms with E-state index in [0.717, 1.165) is 11.5 Å². The Morgan fingerprint density at radius 1 is 0.568 bits per heavy atom. The van der Waals surface area contributed by atoms with Crippen LogP contribution in [-0.4, -0.2) is 74.6 Å². The molecule has 10 heteroatoms. The van der Waals surface area contributed by atoms with Gasteiger partial charge in [0.05, 0.1) is 11.8 Å². The zero-order valence-corrected chi connectivity index (χ0v) is 26.8. The zero-order valence-electron chi connectivity index (χ0n) is 26.8. The summed E-state index contributed by atoms with van der Waals surface area (Å²) < 4.78 is 86.9. The number of hydrogen-bond acceptors (Lipinski definition) is 4. The predicted molar refractivity (Wildman–Crippen MR) is 162 cm³/mol. The van der Waals surface area contributed by atoms with E-state index in [-0.39, 0.29) is 36.8 Å². The van der Waals surface area contributed by atoms with Crippen molar-refractivity contribution in [1.29, 1.82) is 0 Å². The van der Waals surface area contributed by atoms with E-state index in [1.807, 2.05) is 58.3 Å². The van der Waals surface area contributed by atoms with Gasteiger partial charge in [0.25, 0.3) is 0 Å². The molecule has 2 aliphatic heterocycles. The summed E-state index contributed by atoms with van der Waals surface area (Å²) >= 11 is 0. The standard InChI is InChI=1S/2C17H24F3NO/c2*1-16(2,3)13-4-6-15(7-5-13)22-11-10-21-9-8-14(12-21)17(18,19)20/h2*4-7,14H,8-12H2,1-3H3/t14-;/m1./s1. The van der Waals surface area contributed by atoms with Gasteiger partial charge < -0.3 is 9.47 Å². The van der Waals surface area contributed by atoms with Crippen LogP contribution in [0.3, 0.4) is 0 Å². The first-order valence-corrected chi connectivity index (χ1v) is 15.4. The third kappa shape index (κ3) is 11.5. The second-order valence-corrected chi connectivity index (χ2v) is 13.9. The maximum absolute atomic E-state index is 12.6. The van der Waals surface area contributed by atoms with Gasteiger partial charge in [-0.05, 0) is 72.2 Å². The molecule has 4 nitrogen and oxygen atoms in total. The number of ether oxygens (including phenoxy) is 2. The van der Waals surface area contributed by atoms with Gasteiger partial charge in [-0.2, -0.15) is 26.3 Å². The Morgan fingerprint density at radius 3 is 1.14 bits per heavy atom. The first-order chi connectivity index (χ1) is 20.3. The van der Waals surface area contributed by atoms with Crippen LogP contribution in [0.15, 0.2) is 48.5 Å². The highest BCUT2D eigenvalue weighted by molar-refractivity contribution is 5.32. The third-order valence-electron chi connectivity index (χ3n) is 8.26. The van der Waals surface area contributed by atoms with E-state index in [1.54, 1.807) is 0 Å². The molecule has 0 spiro atoms. The average Bonchev–Trinajstić information content (AvgIpc) is 3.59. The van der Waals surface area contributed by atoms with Gasteiger partial charge in [-0.3, -0.25) is 9.80 Å². The van der Waals surface area contributed by atoms with Crippen molar-refractivity contribution in [3.05, 3.63) is 59.7 Å². The van der Waals surface area contributed by atoms with Crippen molar-refractivity contribution in [2.24, 2.45) is 11.8 Å². The number of likely N-dealkylation sites (tertiary alicyclic amines) is 2. The zero-order chi connectivity index (χ0) is 32.8. The quantitative estimate of drug-likeness (QED) is 0.273. The molecule has 2 heterocycles. The largest absolute Gasteiger partial charge is 0.492 e. The molecule has 1 unspecified atom stereocenters. The van der Waals surface area contributed by atoms with E-state index in [9.17, 15) is 26.3 Å². The van der Waals surface area contributed by atoms with Crippen molar-refractivity contribution >= 4 is 0 Å². The van der Waals surface area contributed by atoms with Crippen LogP contribution in [0.1, 0.15) is 65.5 Å². The topological polar surface area (TPSA) is 24.9 Å². The minimum Gasteiger partial charge on any atom is -0.492 e. The molecule has 0 amide bonds. The summed E-state index contributed by atoms with van der Waals surface area (Å²) in [6.45, 7) is 16.0. The minimum atomic E-state index is -4.07. The van der Waals surface area contributed by atoms with Gasteiger partial charge in [-0.15, -0.1) is 0 Å². The Labute approximate surface area is 258 Å². The normalized spacial score (nSPS) is 20.4. The Balaban J connectivity index is 0.000000240. The molecule has 2 aromatic carbocycles. The fraction of sp³-hybridized carbons (Fsp3) is 0.647. The molecule has 44 heavy (non-hydrogen) atoms. The van der Waals surface area contributed by atoms with Crippen molar-refractivity contribution in [1.82, 2.24) is 9.80 Å². The van der Waals surface area contributed by atoms with E-state index in [2.05, 4.69) is 41.5 Å². The summed E-state index contributed by atoms with van der Waals surface area (Å²) in [5.41, 5.74) is 2.65. The molecule has 2 aromatic rings. The summed E-state index contributed by atoms with van der Waals surface area (Å²) in [7, 11) is 0. The molecular weight excluding hydrogens is 582 g/mol. The van der Waals surface area contributed by atoms with Crippen LogP contribution >= 0.6 is 0 Å². The number of rotatable bonds is 8. The first-order valence-electron chi connectivity index (χ1n) is 15.4. The van der Waals surface area contributed by atoms with Gasteiger partial charge in [-0.25, -0.2) is 0 Å². The highest BCUT2D eigenvalue weighted by Crippen LogP contribution is 2.34. The molecule has 248 valence electrons. The van der Waals surface area contributed by atoms with Crippen molar-refractivity contribution in [2.45, 2.75) is 77.6 Å². The number of benzene rings is 2. The third-order valence-corrected chi connectivity index (χ3v) is 8.26. The SMILES string of the molecule is CC(C)(C)c1ccc(OCCN2CCC(C(F)(F)F)C2)cc1.CC(C)(C)c1ccc(OCCN2CC[C@@H](C(F)(F)F)C2)cc1. The van der Waals surface area contributed by atoms with Gasteiger partial charge in [0.15, 0.2) is 0 Å². The Hall–Kier alpha value is -2.46. The lowest BCUT2D eigenvalue weighted by molar-refractivity contribution is -0.171. The molecule has 2 saturated heterocycles. The molecule has 0 radical (unpaired) electrons. The number of nitrogens with zero attached hydrogens (tertiary/aromatic N) is 2. The number of halogens is 6. The van der Waals surface area contributed by atoms with Gasteiger partial charge >= 0.3 is 12.4 Å². The molecule has 0 aromatic heterocycles. The van der Waals surface area contributed by atoms with E-state index in [4.69, 9.17) is 9.47 Å².